The molecule has 0 amide bonds. The van der Waals surface area contributed by atoms with E-state index < -0.39 is 0 Å². The molecule has 1 saturated heterocycles. The van der Waals surface area contributed by atoms with Gasteiger partial charge < -0.3 is 4.74 Å². The minimum Gasteiger partial charge on any atom is -0.469 e. The summed E-state index contributed by atoms with van der Waals surface area (Å²) in [5.41, 5.74) is 2.69. The summed E-state index contributed by atoms with van der Waals surface area (Å²) in [5, 5.41) is 0. The molecule has 0 bridgehead atoms. The van der Waals surface area contributed by atoms with Crippen LogP contribution in [0, 0.1) is 5.92 Å². The predicted octanol–water partition coefficient (Wildman–Crippen LogP) is 2.80. The minimum atomic E-state index is -0.0716. The second-order valence-corrected chi connectivity index (χ2v) is 5.64. The van der Waals surface area contributed by atoms with Crippen molar-refractivity contribution in [3.05, 3.63) is 35.4 Å². The molecule has 0 radical (unpaired) electrons. The Kier molecular flexibility index (Phi) is 4.59. The zero-order chi connectivity index (χ0) is 13.8. The molecule has 1 aliphatic heterocycles. The number of esters is 1. The number of methoxy groups -OCH3 is 1. The van der Waals surface area contributed by atoms with Crippen LogP contribution in [0.4, 0.5) is 0 Å². The van der Waals surface area contributed by atoms with Crippen LogP contribution in [0.5, 0.6) is 0 Å². The van der Waals surface area contributed by atoms with Crippen molar-refractivity contribution in [2.24, 2.45) is 5.92 Å². The molecule has 1 aromatic carbocycles. The lowest BCUT2D eigenvalue weighted by Crippen LogP contribution is -2.23. The number of rotatable bonds is 4. The molecule has 0 N–H and O–H groups in total. The van der Waals surface area contributed by atoms with E-state index in [-0.39, 0.29) is 11.9 Å². The number of benzene rings is 1. The topological polar surface area (TPSA) is 29.5 Å². The van der Waals surface area contributed by atoms with Crippen molar-refractivity contribution in [3.63, 3.8) is 0 Å². The third-order valence-corrected chi connectivity index (χ3v) is 3.86. The number of carbonyl (C=O) groups excluding carboxylic acids is 1. The van der Waals surface area contributed by atoms with Crippen molar-refractivity contribution in [1.82, 2.24) is 4.90 Å². The van der Waals surface area contributed by atoms with E-state index in [1.165, 1.54) is 18.2 Å². The fourth-order valence-corrected chi connectivity index (χ4v) is 2.60. The molecular formula is C16H23NO2. The molecule has 2 rings (SSSR count). The van der Waals surface area contributed by atoms with Crippen LogP contribution in [-0.2, 0) is 16.1 Å². The molecule has 0 aromatic heterocycles. The average molecular weight is 261 g/mol. The SMILES string of the molecule is COC(=O)C1CCN(Cc2ccc(C(C)C)cc2)C1. The van der Waals surface area contributed by atoms with E-state index in [9.17, 15) is 4.79 Å². The van der Waals surface area contributed by atoms with Crippen LogP contribution in [0.1, 0.15) is 37.3 Å². The maximum Gasteiger partial charge on any atom is 0.310 e. The minimum absolute atomic E-state index is 0.0555. The molecule has 3 heteroatoms. The smallest absolute Gasteiger partial charge is 0.310 e. The molecule has 1 aromatic rings. The second kappa shape index (κ2) is 6.20. The first-order valence-corrected chi connectivity index (χ1v) is 6.99. The Morgan fingerprint density at radius 3 is 2.63 bits per heavy atom. The van der Waals surface area contributed by atoms with Crippen LogP contribution in [0.15, 0.2) is 24.3 Å². The summed E-state index contributed by atoms with van der Waals surface area (Å²) in [6, 6.07) is 8.79. The highest BCUT2D eigenvalue weighted by Crippen LogP contribution is 2.21. The van der Waals surface area contributed by atoms with Gasteiger partial charge in [0.1, 0.15) is 0 Å². The Balaban J connectivity index is 1.90. The van der Waals surface area contributed by atoms with E-state index in [2.05, 4.69) is 43.0 Å². The Morgan fingerprint density at radius 2 is 2.05 bits per heavy atom. The van der Waals surface area contributed by atoms with Crippen LogP contribution in [0.25, 0.3) is 0 Å². The van der Waals surface area contributed by atoms with Crippen LogP contribution < -0.4 is 0 Å². The second-order valence-electron chi connectivity index (χ2n) is 5.64. The highest BCUT2D eigenvalue weighted by Gasteiger charge is 2.28. The lowest BCUT2D eigenvalue weighted by molar-refractivity contribution is -0.144. The summed E-state index contributed by atoms with van der Waals surface area (Å²) in [6.45, 7) is 7.13. The molecule has 1 atom stereocenters. The summed E-state index contributed by atoms with van der Waals surface area (Å²) in [5.74, 6) is 0.558. The van der Waals surface area contributed by atoms with Crippen LogP contribution in [-0.4, -0.2) is 31.1 Å². The third-order valence-electron chi connectivity index (χ3n) is 3.86. The van der Waals surface area contributed by atoms with Gasteiger partial charge in [-0.1, -0.05) is 38.1 Å². The Morgan fingerprint density at radius 1 is 1.37 bits per heavy atom. The quantitative estimate of drug-likeness (QED) is 0.781. The van der Waals surface area contributed by atoms with Gasteiger partial charge in [-0.3, -0.25) is 9.69 Å². The lowest BCUT2D eigenvalue weighted by Gasteiger charge is -2.16. The summed E-state index contributed by atoms with van der Waals surface area (Å²) in [6.07, 6.45) is 0.913. The van der Waals surface area contributed by atoms with Crippen LogP contribution >= 0.6 is 0 Å². The first kappa shape index (κ1) is 14.1. The van der Waals surface area contributed by atoms with E-state index >= 15 is 0 Å². The molecule has 0 aliphatic carbocycles. The van der Waals surface area contributed by atoms with Gasteiger partial charge in [0.15, 0.2) is 0 Å². The van der Waals surface area contributed by atoms with Crippen molar-refractivity contribution in [2.75, 3.05) is 20.2 Å². The molecule has 19 heavy (non-hydrogen) atoms. The highest BCUT2D eigenvalue weighted by molar-refractivity contribution is 5.72. The first-order valence-electron chi connectivity index (χ1n) is 6.99. The molecule has 1 aliphatic rings. The number of ether oxygens (including phenoxy) is 1. The third kappa shape index (κ3) is 3.57. The lowest BCUT2D eigenvalue weighted by atomic mass is 10.0. The zero-order valence-electron chi connectivity index (χ0n) is 12.1. The number of carbonyl (C=O) groups is 1. The van der Waals surface area contributed by atoms with E-state index in [4.69, 9.17) is 4.74 Å². The van der Waals surface area contributed by atoms with Gasteiger partial charge in [0.25, 0.3) is 0 Å². The van der Waals surface area contributed by atoms with Gasteiger partial charge in [0.2, 0.25) is 0 Å². The summed E-state index contributed by atoms with van der Waals surface area (Å²) >= 11 is 0. The molecule has 1 unspecified atom stereocenters. The maximum absolute atomic E-state index is 11.5. The van der Waals surface area contributed by atoms with Crippen LogP contribution in [0.3, 0.4) is 0 Å². The van der Waals surface area contributed by atoms with Gasteiger partial charge >= 0.3 is 5.97 Å². The molecular weight excluding hydrogens is 238 g/mol. The highest BCUT2D eigenvalue weighted by atomic mass is 16.5. The molecule has 1 fully saturated rings. The standard InChI is InChI=1S/C16H23NO2/c1-12(2)14-6-4-13(5-7-14)10-17-9-8-15(11-17)16(18)19-3/h4-7,12,15H,8-11H2,1-3H3. The summed E-state index contributed by atoms with van der Waals surface area (Å²) in [4.78, 5) is 13.8. The maximum atomic E-state index is 11.5. The fourth-order valence-electron chi connectivity index (χ4n) is 2.60. The molecule has 0 saturated carbocycles. The monoisotopic (exact) mass is 261 g/mol. The molecule has 0 spiro atoms. The Hall–Kier alpha value is -1.35. The van der Waals surface area contributed by atoms with Crippen molar-refractivity contribution < 1.29 is 9.53 Å². The molecule has 3 nitrogen and oxygen atoms in total. The first-order chi connectivity index (χ1) is 9.10. The van der Waals surface area contributed by atoms with E-state index in [1.807, 2.05) is 0 Å². The number of hydrogen-bond acceptors (Lipinski definition) is 3. The van der Waals surface area contributed by atoms with E-state index in [1.54, 1.807) is 0 Å². The predicted molar refractivity (Wildman–Crippen MR) is 75.9 cm³/mol. The van der Waals surface area contributed by atoms with Gasteiger partial charge in [-0.15, -0.1) is 0 Å². The number of likely N-dealkylation sites (tertiary alicyclic amines) is 1. The zero-order valence-corrected chi connectivity index (χ0v) is 12.1. The summed E-state index contributed by atoms with van der Waals surface area (Å²) < 4.78 is 4.81. The summed E-state index contributed by atoms with van der Waals surface area (Å²) in [7, 11) is 1.47. The fraction of sp³-hybridized carbons (Fsp3) is 0.562. The Labute approximate surface area is 115 Å². The molecule has 104 valence electrons. The average Bonchev–Trinajstić information content (AvgIpc) is 2.87. The van der Waals surface area contributed by atoms with Gasteiger partial charge in [-0.25, -0.2) is 0 Å². The normalized spacial score (nSPS) is 19.9. The Bertz CT molecular complexity index is 425. The van der Waals surface area contributed by atoms with Gasteiger partial charge in [-0.2, -0.15) is 0 Å². The van der Waals surface area contributed by atoms with E-state index in [0.29, 0.717) is 5.92 Å². The van der Waals surface area contributed by atoms with Crippen molar-refractivity contribution in [1.29, 1.82) is 0 Å². The number of hydrogen-bond donors (Lipinski definition) is 0. The molecule has 1 heterocycles. The van der Waals surface area contributed by atoms with Gasteiger partial charge in [-0.05, 0) is 30.0 Å². The largest absolute Gasteiger partial charge is 0.469 e. The van der Waals surface area contributed by atoms with Crippen LogP contribution in [0.2, 0.25) is 0 Å². The van der Waals surface area contributed by atoms with E-state index in [0.717, 1.165) is 26.1 Å². The van der Waals surface area contributed by atoms with Crippen molar-refractivity contribution >= 4 is 5.97 Å². The van der Waals surface area contributed by atoms with Crippen molar-refractivity contribution in [2.45, 2.75) is 32.7 Å². The van der Waals surface area contributed by atoms with Gasteiger partial charge in [0.05, 0.1) is 13.0 Å². The van der Waals surface area contributed by atoms with Gasteiger partial charge in [0, 0.05) is 13.1 Å². The van der Waals surface area contributed by atoms with Crippen molar-refractivity contribution in [3.8, 4) is 0 Å². The number of nitrogens with zero attached hydrogens (tertiary/aromatic N) is 1.